The van der Waals surface area contributed by atoms with Gasteiger partial charge in [0, 0.05) is 25.2 Å². The van der Waals surface area contributed by atoms with Crippen molar-refractivity contribution >= 4 is 0 Å². The minimum Gasteiger partial charge on any atom is -0.298 e. The smallest absolute Gasteiger partial charge is 0.0712 e. The van der Waals surface area contributed by atoms with Gasteiger partial charge in [-0.25, -0.2) is 0 Å². The van der Waals surface area contributed by atoms with Crippen molar-refractivity contribution in [3.05, 3.63) is 0 Å². The Morgan fingerprint density at radius 2 is 2.06 bits per heavy atom. The van der Waals surface area contributed by atoms with E-state index in [0.29, 0.717) is 18.0 Å². The van der Waals surface area contributed by atoms with Gasteiger partial charge in [-0.2, -0.15) is 0 Å². The van der Waals surface area contributed by atoms with E-state index in [1.54, 1.807) is 0 Å². The molecule has 0 amide bonds. The first kappa shape index (κ1) is 13.9. The summed E-state index contributed by atoms with van der Waals surface area (Å²) in [4.78, 5) is 5.34. The highest BCUT2D eigenvalue weighted by atomic mass is 15.3. The van der Waals surface area contributed by atoms with Crippen LogP contribution in [0, 0.1) is 18.3 Å². The zero-order valence-corrected chi connectivity index (χ0v) is 12.2. The number of fused-ring (bicyclic) bond motifs is 1. The highest BCUT2D eigenvalue weighted by molar-refractivity contribution is 5.04. The second-order valence-corrected chi connectivity index (χ2v) is 6.24. The summed E-state index contributed by atoms with van der Waals surface area (Å²) in [5, 5.41) is 0. The molecule has 2 aliphatic heterocycles. The highest BCUT2D eigenvalue weighted by Crippen LogP contribution is 2.28. The largest absolute Gasteiger partial charge is 0.298 e. The molecule has 18 heavy (non-hydrogen) atoms. The van der Waals surface area contributed by atoms with Crippen molar-refractivity contribution in [1.82, 2.24) is 9.80 Å². The van der Waals surface area contributed by atoms with E-state index >= 15 is 0 Å². The molecule has 2 rings (SSSR count). The van der Waals surface area contributed by atoms with Gasteiger partial charge in [0.1, 0.15) is 0 Å². The average Bonchev–Trinajstić information content (AvgIpc) is 2.39. The van der Waals surface area contributed by atoms with Crippen LogP contribution in [0.4, 0.5) is 0 Å². The van der Waals surface area contributed by atoms with Crippen LogP contribution >= 0.6 is 0 Å². The van der Waals surface area contributed by atoms with Crippen molar-refractivity contribution in [2.45, 2.75) is 64.6 Å². The average molecular weight is 248 g/mol. The van der Waals surface area contributed by atoms with E-state index in [-0.39, 0.29) is 0 Å². The Morgan fingerprint density at radius 3 is 2.67 bits per heavy atom. The van der Waals surface area contributed by atoms with Gasteiger partial charge in [0.2, 0.25) is 0 Å². The summed E-state index contributed by atoms with van der Waals surface area (Å²) in [7, 11) is 0. The number of piperazine rings is 1. The summed E-state index contributed by atoms with van der Waals surface area (Å²) in [6.07, 6.45) is 11.0. The molecule has 0 saturated carbocycles. The fourth-order valence-corrected chi connectivity index (χ4v) is 3.63. The van der Waals surface area contributed by atoms with E-state index in [2.05, 4.69) is 36.5 Å². The van der Waals surface area contributed by atoms with E-state index in [1.165, 1.54) is 38.9 Å². The van der Waals surface area contributed by atoms with Gasteiger partial charge in [-0.3, -0.25) is 9.80 Å². The molecule has 2 nitrogen and oxygen atoms in total. The number of hydrogen-bond donors (Lipinski definition) is 0. The first-order chi connectivity index (χ1) is 8.67. The first-order valence-corrected chi connectivity index (χ1v) is 7.63. The Labute approximate surface area is 113 Å². The summed E-state index contributed by atoms with van der Waals surface area (Å²) >= 11 is 0. The van der Waals surface area contributed by atoms with Gasteiger partial charge in [-0.15, -0.1) is 6.42 Å². The Bertz CT molecular complexity index is 305. The summed E-state index contributed by atoms with van der Waals surface area (Å²) in [5.74, 6) is 3.70. The second-order valence-electron chi connectivity index (χ2n) is 6.24. The Hall–Kier alpha value is -0.520. The maximum Gasteiger partial charge on any atom is 0.0712 e. The predicted octanol–water partition coefficient (Wildman–Crippen LogP) is 2.59. The van der Waals surface area contributed by atoms with Crippen LogP contribution in [0.5, 0.6) is 0 Å². The van der Waals surface area contributed by atoms with E-state index in [1.807, 2.05) is 0 Å². The number of piperidine rings is 1. The molecular formula is C16H28N2. The number of terminal acetylenes is 1. The number of rotatable bonds is 3. The van der Waals surface area contributed by atoms with E-state index in [0.717, 1.165) is 12.5 Å². The third-order valence-corrected chi connectivity index (χ3v) is 4.77. The molecule has 0 spiro atoms. The fourth-order valence-electron chi connectivity index (χ4n) is 3.63. The van der Waals surface area contributed by atoms with Crippen LogP contribution in [0.1, 0.15) is 46.5 Å². The van der Waals surface area contributed by atoms with Crippen LogP contribution in [-0.4, -0.2) is 47.6 Å². The van der Waals surface area contributed by atoms with E-state index in [4.69, 9.17) is 6.42 Å². The van der Waals surface area contributed by atoms with Gasteiger partial charge < -0.3 is 0 Å². The molecular weight excluding hydrogens is 220 g/mol. The molecule has 0 aliphatic carbocycles. The normalized spacial score (nSPS) is 31.9. The third kappa shape index (κ3) is 2.73. The van der Waals surface area contributed by atoms with Gasteiger partial charge in [-0.05, 0) is 31.7 Å². The van der Waals surface area contributed by atoms with Crippen LogP contribution < -0.4 is 0 Å². The first-order valence-electron chi connectivity index (χ1n) is 7.63. The lowest BCUT2D eigenvalue weighted by atomic mass is 9.90. The van der Waals surface area contributed by atoms with Gasteiger partial charge in [0.05, 0.1) is 6.04 Å². The molecule has 0 bridgehead atoms. The zero-order valence-electron chi connectivity index (χ0n) is 12.2. The van der Waals surface area contributed by atoms with E-state index in [9.17, 15) is 0 Å². The Balaban J connectivity index is 2.12. The lowest BCUT2D eigenvalue weighted by Gasteiger charge is -2.51. The van der Waals surface area contributed by atoms with Crippen molar-refractivity contribution in [2.75, 3.05) is 19.6 Å². The lowest BCUT2D eigenvalue weighted by molar-refractivity contribution is -0.0196. The van der Waals surface area contributed by atoms with Crippen LogP contribution in [0.25, 0.3) is 0 Å². The summed E-state index contributed by atoms with van der Waals surface area (Å²) in [6.45, 7) is 10.6. The molecule has 2 aliphatic rings. The molecule has 0 aromatic heterocycles. The minimum atomic E-state index is 0.335. The molecule has 0 N–H and O–H groups in total. The summed E-state index contributed by atoms with van der Waals surface area (Å²) in [6, 6.07) is 1.73. The molecule has 2 heteroatoms. The van der Waals surface area contributed by atoms with Gasteiger partial charge in [0.25, 0.3) is 0 Å². The van der Waals surface area contributed by atoms with Crippen molar-refractivity contribution < 1.29 is 0 Å². The molecule has 2 saturated heterocycles. The lowest BCUT2D eigenvalue weighted by Crippen LogP contribution is -2.63. The van der Waals surface area contributed by atoms with Gasteiger partial charge in [-0.1, -0.05) is 33.1 Å². The second kappa shape index (κ2) is 6.08. The fraction of sp³-hybridized carbons (Fsp3) is 0.875. The van der Waals surface area contributed by atoms with Crippen LogP contribution in [0.15, 0.2) is 0 Å². The van der Waals surface area contributed by atoms with Gasteiger partial charge >= 0.3 is 0 Å². The third-order valence-electron chi connectivity index (χ3n) is 4.77. The summed E-state index contributed by atoms with van der Waals surface area (Å²) < 4.78 is 0. The number of nitrogens with zero attached hydrogens (tertiary/aromatic N) is 2. The quantitative estimate of drug-likeness (QED) is 0.708. The zero-order chi connectivity index (χ0) is 13.1. The maximum absolute atomic E-state index is 5.74. The molecule has 0 aromatic carbocycles. The Kier molecular flexibility index (Phi) is 4.70. The predicted molar refractivity (Wildman–Crippen MR) is 77.5 cm³/mol. The van der Waals surface area contributed by atoms with Crippen molar-refractivity contribution in [1.29, 1.82) is 0 Å². The molecule has 102 valence electrons. The highest BCUT2D eigenvalue weighted by Gasteiger charge is 2.38. The van der Waals surface area contributed by atoms with Crippen molar-refractivity contribution in [3.8, 4) is 12.3 Å². The van der Waals surface area contributed by atoms with Crippen LogP contribution in [-0.2, 0) is 0 Å². The van der Waals surface area contributed by atoms with Crippen LogP contribution in [0.3, 0.4) is 0 Å². The van der Waals surface area contributed by atoms with Crippen molar-refractivity contribution in [2.24, 2.45) is 5.92 Å². The topological polar surface area (TPSA) is 6.48 Å². The minimum absolute atomic E-state index is 0.335. The molecule has 0 aromatic rings. The van der Waals surface area contributed by atoms with E-state index < -0.39 is 0 Å². The molecule has 2 heterocycles. The molecule has 3 atom stereocenters. The SMILES string of the molecule is C#CC(CC)N1CC2CCCCN2CC1C(C)C. The molecule has 3 unspecified atom stereocenters. The van der Waals surface area contributed by atoms with Crippen LogP contribution in [0.2, 0.25) is 0 Å². The van der Waals surface area contributed by atoms with Crippen molar-refractivity contribution in [3.63, 3.8) is 0 Å². The Morgan fingerprint density at radius 1 is 1.28 bits per heavy atom. The molecule has 0 radical (unpaired) electrons. The van der Waals surface area contributed by atoms with Gasteiger partial charge in [0.15, 0.2) is 0 Å². The molecule has 2 fully saturated rings. The monoisotopic (exact) mass is 248 g/mol. The standard InChI is InChI=1S/C16H28N2/c1-5-14(6-2)18-11-15-9-7-8-10-17(15)12-16(18)13(3)4/h1,13-16H,6-12H2,2-4H3. The maximum atomic E-state index is 5.74. The number of hydrogen-bond acceptors (Lipinski definition) is 2. The summed E-state index contributed by atoms with van der Waals surface area (Å²) in [5.41, 5.74) is 0.